The van der Waals surface area contributed by atoms with Crippen LogP contribution in [0.25, 0.3) is 5.78 Å². The van der Waals surface area contributed by atoms with Crippen LogP contribution in [0.5, 0.6) is 5.75 Å². The summed E-state index contributed by atoms with van der Waals surface area (Å²) in [6.45, 7) is 0.242. The van der Waals surface area contributed by atoms with Gasteiger partial charge in [-0.25, -0.2) is 9.38 Å². The molecule has 1 aromatic carbocycles. The van der Waals surface area contributed by atoms with Crippen molar-refractivity contribution in [2.24, 2.45) is 7.05 Å². The number of aromatic nitrogens is 3. The first-order chi connectivity index (χ1) is 11.4. The van der Waals surface area contributed by atoms with E-state index in [4.69, 9.17) is 23.2 Å². The minimum Gasteiger partial charge on any atom is -0.502 e. The van der Waals surface area contributed by atoms with Gasteiger partial charge < -0.3 is 14.8 Å². The van der Waals surface area contributed by atoms with Gasteiger partial charge in [0.15, 0.2) is 6.23 Å². The summed E-state index contributed by atoms with van der Waals surface area (Å²) in [6.07, 6.45) is 1.79. The Bertz CT molecular complexity index is 967. The van der Waals surface area contributed by atoms with Crippen molar-refractivity contribution in [2.45, 2.75) is 12.8 Å². The molecule has 3 N–H and O–H groups in total. The van der Waals surface area contributed by atoms with E-state index in [1.165, 1.54) is 10.6 Å². The molecule has 0 saturated heterocycles. The van der Waals surface area contributed by atoms with Gasteiger partial charge in [0.1, 0.15) is 5.69 Å². The monoisotopic (exact) mass is 368 g/mol. The number of imidazole rings is 1. The molecule has 1 unspecified atom stereocenters. The van der Waals surface area contributed by atoms with Gasteiger partial charge in [-0.15, -0.1) is 0 Å². The smallest absolute Gasteiger partial charge is 0.301 e. The molecule has 3 rings (SSSR count). The summed E-state index contributed by atoms with van der Waals surface area (Å²) in [4.78, 5) is 16.3. The van der Waals surface area contributed by atoms with Crippen molar-refractivity contribution in [1.29, 1.82) is 0 Å². The average molecular weight is 369 g/mol. The third-order valence-corrected chi connectivity index (χ3v) is 4.34. The van der Waals surface area contributed by atoms with E-state index in [0.717, 1.165) is 5.56 Å². The molecule has 1 atom stereocenters. The van der Waals surface area contributed by atoms with Gasteiger partial charge in [-0.3, -0.25) is 10.1 Å². The zero-order valence-corrected chi connectivity index (χ0v) is 14.1. The van der Waals surface area contributed by atoms with Crippen LogP contribution in [0.2, 0.25) is 10.0 Å². The zero-order chi connectivity index (χ0) is 17.4. The Morgan fingerprint density at radius 3 is 2.75 bits per heavy atom. The average Bonchev–Trinajstić information content (AvgIpc) is 2.93. The molecule has 0 spiro atoms. The van der Waals surface area contributed by atoms with Crippen LogP contribution in [0, 0.1) is 0 Å². The van der Waals surface area contributed by atoms with E-state index >= 15 is 0 Å². The molecule has 0 aliphatic carbocycles. The minimum absolute atomic E-state index is 0.137. The van der Waals surface area contributed by atoms with Crippen molar-refractivity contribution in [1.82, 2.24) is 19.3 Å². The maximum Gasteiger partial charge on any atom is 0.301 e. The van der Waals surface area contributed by atoms with Gasteiger partial charge >= 0.3 is 5.56 Å². The second kappa shape index (κ2) is 6.45. The van der Waals surface area contributed by atoms with Crippen LogP contribution >= 0.6 is 23.2 Å². The normalized spacial score (nSPS) is 12.7. The molecule has 9 heteroatoms. The van der Waals surface area contributed by atoms with Crippen molar-refractivity contribution in [3.8, 4) is 5.75 Å². The molecule has 0 radical (unpaired) electrons. The molecule has 0 bridgehead atoms. The number of aryl methyl sites for hydroxylation is 1. The van der Waals surface area contributed by atoms with Crippen molar-refractivity contribution in [3.05, 3.63) is 62.2 Å². The summed E-state index contributed by atoms with van der Waals surface area (Å²) >= 11 is 11.8. The Kier molecular flexibility index (Phi) is 4.51. The fraction of sp³-hybridized carbons (Fsp3) is 0.200. The highest BCUT2D eigenvalue weighted by atomic mass is 35.5. The van der Waals surface area contributed by atoms with Crippen LogP contribution in [-0.2, 0) is 13.6 Å². The first kappa shape index (κ1) is 16.8. The fourth-order valence-corrected chi connectivity index (χ4v) is 2.62. The van der Waals surface area contributed by atoms with Crippen molar-refractivity contribution in [3.63, 3.8) is 0 Å². The van der Waals surface area contributed by atoms with Crippen LogP contribution < -0.4 is 10.9 Å². The highest BCUT2D eigenvalue weighted by Gasteiger charge is 2.20. The second-order valence-electron chi connectivity index (χ2n) is 5.26. The molecule has 0 aliphatic heterocycles. The van der Waals surface area contributed by atoms with Crippen LogP contribution in [-0.4, -0.2) is 24.2 Å². The maximum atomic E-state index is 12.1. The lowest BCUT2D eigenvalue weighted by atomic mass is 10.2. The van der Waals surface area contributed by atoms with E-state index in [9.17, 15) is 15.0 Å². The summed E-state index contributed by atoms with van der Waals surface area (Å²) in [5, 5.41) is 23.9. The van der Waals surface area contributed by atoms with Gasteiger partial charge in [0.25, 0.3) is 0 Å². The highest BCUT2D eigenvalue weighted by molar-refractivity contribution is 6.42. The number of hydrogen-bond acceptors (Lipinski definition) is 5. The van der Waals surface area contributed by atoms with Crippen LogP contribution in [0.1, 0.15) is 17.5 Å². The second-order valence-corrected chi connectivity index (χ2v) is 6.08. The molecular formula is C15H14Cl2N4O3. The van der Waals surface area contributed by atoms with E-state index in [0.29, 0.717) is 15.8 Å². The van der Waals surface area contributed by atoms with Gasteiger partial charge in [-0.2, -0.15) is 0 Å². The number of nitrogens with zero attached hydrogens (tertiary/aromatic N) is 3. The number of aliphatic hydroxyl groups excluding tert-OH is 1. The minimum atomic E-state index is -1.33. The Balaban J connectivity index is 1.87. The number of fused-ring (bicyclic) bond motifs is 1. The predicted molar refractivity (Wildman–Crippen MR) is 90.4 cm³/mol. The molecular weight excluding hydrogens is 355 g/mol. The van der Waals surface area contributed by atoms with Crippen molar-refractivity contribution >= 4 is 29.0 Å². The lowest BCUT2D eigenvalue weighted by Gasteiger charge is -2.14. The summed E-state index contributed by atoms with van der Waals surface area (Å²) in [5.74, 6) is -0.295. The summed E-state index contributed by atoms with van der Waals surface area (Å²) < 4.78 is 2.81. The highest BCUT2D eigenvalue weighted by Crippen LogP contribution is 2.23. The molecule has 24 heavy (non-hydrogen) atoms. The van der Waals surface area contributed by atoms with Crippen LogP contribution in [0.3, 0.4) is 0 Å². The molecule has 2 heterocycles. The zero-order valence-electron chi connectivity index (χ0n) is 12.6. The summed E-state index contributed by atoms with van der Waals surface area (Å²) in [7, 11) is 1.71. The van der Waals surface area contributed by atoms with Crippen LogP contribution in [0.4, 0.5) is 0 Å². The third-order valence-electron chi connectivity index (χ3n) is 3.60. The van der Waals surface area contributed by atoms with E-state index in [2.05, 4.69) is 10.3 Å². The molecule has 3 aromatic rings. The quantitative estimate of drug-likeness (QED) is 0.611. The Hall–Kier alpha value is -2.06. The molecule has 2 aromatic heterocycles. The van der Waals surface area contributed by atoms with Crippen molar-refractivity contribution < 1.29 is 10.2 Å². The van der Waals surface area contributed by atoms with Gasteiger partial charge in [0, 0.05) is 26.0 Å². The fourth-order valence-electron chi connectivity index (χ4n) is 2.30. The molecule has 0 fully saturated rings. The Labute approximate surface area is 146 Å². The summed E-state index contributed by atoms with van der Waals surface area (Å²) in [5.41, 5.74) is -0.00699. The van der Waals surface area contributed by atoms with Crippen molar-refractivity contribution in [2.75, 3.05) is 0 Å². The SMILES string of the molecule is Cn1ccn2c(=O)c(O)c(C(O)NCc3ccc(Cl)c(Cl)c3)nc12. The maximum absolute atomic E-state index is 12.1. The number of nitrogens with one attached hydrogen (secondary N) is 1. The number of halogens is 2. The lowest BCUT2D eigenvalue weighted by Crippen LogP contribution is -2.25. The number of rotatable bonds is 4. The number of aromatic hydroxyl groups is 1. The number of aliphatic hydroxyl groups is 1. The largest absolute Gasteiger partial charge is 0.502 e. The number of benzene rings is 1. The standard InChI is InChI=1S/C15H14Cl2N4O3/c1-20-4-5-21-14(24)12(22)11(19-15(20)21)13(23)18-7-8-2-3-9(16)10(17)6-8/h2-6,13,18,22-23H,7H2,1H3. The molecule has 0 saturated carbocycles. The van der Waals surface area contributed by atoms with E-state index in [1.807, 2.05) is 0 Å². The Morgan fingerprint density at radius 1 is 1.29 bits per heavy atom. The van der Waals surface area contributed by atoms with Crippen LogP contribution in [0.15, 0.2) is 35.4 Å². The van der Waals surface area contributed by atoms with Gasteiger partial charge in [0.2, 0.25) is 11.5 Å². The first-order valence-electron chi connectivity index (χ1n) is 7.00. The number of hydrogen-bond donors (Lipinski definition) is 3. The predicted octanol–water partition coefficient (Wildman–Crippen LogP) is 1.83. The van der Waals surface area contributed by atoms with E-state index < -0.39 is 17.5 Å². The lowest BCUT2D eigenvalue weighted by molar-refractivity contribution is 0.129. The third kappa shape index (κ3) is 2.99. The molecule has 0 amide bonds. The molecule has 7 nitrogen and oxygen atoms in total. The van der Waals surface area contributed by atoms with E-state index in [-0.39, 0.29) is 12.2 Å². The van der Waals surface area contributed by atoms with E-state index in [1.54, 1.807) is 36.0 Å². The molecule has 126 valence electrons. The Morgan fingerprint density at radius 2 is 2.04 bits per heavy atom. The first-order valence-corrected chi connectivity index (χ1v) is 7.76. The topological polar surface area (TPSA) is 91.8 Å². The summed E-state index contributed by atoms with van der Waals surface area (Å²) in [6, 6.07) is 5.05. The van der Waals surface area contributed by atoms with Gasteiger partial charge in [-0.1, -0.05) is 29.3 Å². The van der Waals surface area contributed by atoms with Gasteiger partial charge in [0.05, 0.1) is 10.0 Å². The molecule has 0 aliphatic rings. The van der Waals surface area contributed by atoms with Gasteiger partial charge in [-0.05, 0) is 17.7 Å².